The van der Waals surface area contributed by atoms with Crippen molar-refractivity contribution in [3.63, 3.8) is 0 Å². The molecule has 2 nitrogen and oxygen atoms in total. The number of cyclic esters (lactones) is 1. The predicted octanol–water partition coefficient (Wildman–Crippen LogP) is 3.82. The summed E-state index contributed by atoms with van der Waals surface area (Å²) in [5.41, 5.74) is 3.57. The first kappa shape index (κ1) is 11.8. The highest BCUT2D eigenvalue weighted by Crippen LogP contribution is 2.54. The van der Waals surface area contributed by atoms with Crippen LogP contribution in [-0.2, 0) is 16.8 Å². The van der Waals surface area contributed by atoms with Gasteiger partial charge >= 0.3 is 5.97 Å². The second kappa shape index (κ2) is 3.59. The fraction of sp³-hybridized carbons (Fsp3) is 0.562. The summed E-state index contributed by atoms with van der Waals surface area (Å²) in [6.45, 7) is 7.45. The van der Waals surface area contributed by atoms with Crippen molar-refractivity contribution in [3.8, 4) is 0 Å². The molecule has 1 fully saturated rings. The van der Waals surface area contributed by atoms with Crippen molar-refractivity contribution in [2.75, 3.05) is 0 Å². The zero-order chi connectivity index (χ0) is 13.0. The largest absolute Gasteiger partial charge is 0.457 e. The van der Waals surface area contributed by atoms with E-state index in [-0.39, 0.29) is 11.4 Å². The minimum Gasteiger partial charge on any atom is -0.457 e. The van der Waals surface area contributed by atoms with Gasteiger partial charge in [-0.2, -0.15) is 0 Å². The highest BCUT2D eigenvalue weighted by molar-refractivity contribution is 5.93. The van der Waals surface area contributed by atoms with Crippen molar-refractivity contribution in [2.45, 2.75) is 52.1 Å². The van der Waals surface area contributed by atoms with Gasteiger partial charge in [0.2, 0.25) is 0 Å². The topological polar surface area (TPSA) is 26.3 Å². The third-order valence-corrected chi connectivity index (χ3v) is 5.30. The summed E-state index contributed by atoms with van der Waals surface area (Å²) in [4.78, 5) is 11.7. The molecule has 1 heterocycles. The summed E-state index contributed by atoms with van der Waals surface area (Å²) in [6.07, 6.45) is 3.73. The van der Waals surface area contributed by atoms with E-state index in [0.717, 1.165) is 11.1 Å². The lowest BCUT2D eigenvalue weighted by molar-refractivity contribution is 0.0535. The Morgan fingerprint density at radius 2 is 1.94 bits per heavy atom. The standard InChI is InChI=1S/C16H20O2/c1-15(2)7-4-8-16(15,3)12-6-5-11-10-18-14(17)13(11)9-12/h5-6,9H,4,7-8,10H2,1-3H3. The summed E-state index contributed by atoms with van der Waals surface area (Å²) in [7, 11) is 0. The molecule has 1 aliphatic heterocycles. The van der Waals surface area contributed by atoms with Crippen LogP contribution < -0.4 is 0 Å². The second-order valence-electron chi connectivity index (χ2n) is 6.52. The Balaban J connectivity index is 2.08. The Kier molecular flexibility index (Phi) is 2.35. The molecule has 0 saturated heterocycles. The molecule has 0 radical (unpaired) electrons. The molecule has 2 aliphatic rings. The van der Waals surface area contributed by atoms with Crippen LogP contribution >= 0.6 is 0 Å². The molecule has 96 valence electrons. The van der Waals surface area contributed by atoms with Gasteiger partial charge in [0.1, 0.15) is 6.61 Å². The van der Waals surface area contributed by atoms with Crippen LogP contribution in [-0.4, -0.2) is 5.97 Å². The highest BCUT2D eigenvalue weighted by atomic mass is 16.5. The Hall–Kier alpha value is -1.31. The van der Waals surface area contributed by atoms with Crippen LogP contribution in [0.5, 0.6) is 0 Å². The van der Waals surface area contributed by atoms with Crippen molar-refractivity contribution in [1.29, 1.82) is 0 Å². The summed E-state index contributed by atoms with van der Waals surface area (Å²) >= 11 is 0. The first-order valence-electron chi connectivity index (χ1n) is 6.75. The normalized spacial score (nSPS) is 29.2. The number of rotatable bonds is 1. The van der Waals surface area contributed by atoms with E-state index in [0.29, 0.717) is 12.0 Å². The maximum absolute atomic E-state index is 11.7. The molecule has 1 atom stereocenters. The SMILES string of the molecule is CC1(C)CCCC1(C)c1ccc2c(c1)C(=O)OC2. The molecular formula is C16H20O2. The van der Waals surface area contributed by atoms with Gasteiger partial charge in [-0.25, -0.2) is 4.79 Å². The molecule has 1 unspecified atom stereocenters. The fourth-order valence-electron chi connectivity index (χ4n) is 3.49. The van der Waals surface area contributed by atoms with Gasteiger partial charge in [-0.15, -0.1) is 0 Å². The molecule has 1 aromatic carbocycles. The molecule has 1 aliphatic carbocycles. The van der Waals surface area contributed by atoms with E-state index in [1.165, 1.54) is 24.8 Å². The number of esters is 1. The van der Waals surface area contributed by atoms with Crippen molar-refractivity contribution >= 4 is 5.97 Å². The zero-order valence-electron chi connectivity index (χ0n) is 11.4. The average molecular weight is 244 g/mol. The van der Waals surface area contributed by atoms with Crippen LogP contribution in [0.2, 0.25) is 0 Å². The molecule has 1 aromatic rings. The van der Waals surface area contributed by atoms with E-state index in [2.05, 4.69) is 39.0 Å². The number of hydrogen-bond acceptors (Lipinski definition) is 2. The Morgan fingerprint density at radius 1 is 1.17 bits per heavy atom. The van der Waals surface area contributed by atoms with Crippen molar-refractivity contribution in [3.05, 3.63) is 34.9 Å². The van der Waals surface area contributed by atoms with E-state index < -0.39 is 0 Å². The minimum absolute atomic E-state index is 0.161. The molecule has 0 aromatic heterocycles. The summed E-state index contributed by atoms with van der Waals surface area (Å²) in [5, 5.41) is 0. The second-order valence-corrected chi connectivity index (χ2v) is 6.52. The maximum atomic E-state index is 11.7. The summed E-state index contributed by atoms with van der Waals surface area (Å²) in [5.74, 6) is -0.161. The third-order valence-electron chi connectivity index (χ3n) is 5.30. The van der Waals surface area contributed by atoms with E-state index in [1.807, 2.05) is 0 Å². The monoisotopic (exact) mass is 244 g/mol. The molecule has 0 N–H and O–H groups in total. The lowest BCUT2D eigenvalue weighted by atomic mass is 9.65. The molecule has 1 saturated carbocycles. The number of benzene rings is 1. The lowest BCUT2D eigenvalue weighted by Gasteiger charge is -2.39. The van der Waals surface area contributed by atoms with Gasteiger partial charge in [0, 0.05) is 5.56 Å². The maximum Gasteiger partial charge on any atom is 0.338 e. The van der Waals surface area contributed by atoms with Gasteiger partial charge in [-0.05, 0) is 35.3 Å². The fourth-order valence-corrected chi connectivity index (χ4v) is 3.49. The number of hydrogen-bond donors (Lipinski definition) is 0. The van der Waals surface area contributed by atoms with Gasteiger partial charge < -0.3 is 4.74 Å². The number of carbonyl (C=O) groups excluding carboxylic acids is 1. The van der Waals surface area contributed by atoms with Gasteiger partial charge in [-0.1, -0.05) is 39.3 Å². The van der Waals surface area contributed by atoms with E-state index in [4.69, 9.17) is 4.74 Å². The van der Waals surface area contributed by atoms with E-state index in [1.54, 1.807) is 0 Å². The van der Waals surface area contributed by atoms with Crippen LogP contribution in [0.3, 0.4) is 0 Å². The molecule has 0 spiro atoms. The van der Waals surface area contributed by atoms with Crippen molar-refractivity contribution in [2.24, 2.45) is 5.41 Å². The average Bonchev–Trinajstić information content (AvgIpc) is 2.82. The van der Waals surface area contributed by atoms with Crippen LogP contribution in [0, 0.1) is 5.41 Å². The van der Waals surface area contributed by atoms with Gasteiger partial charge in [0.15, 0.2) is 0 Å². The van der Waals surface area contributed by atoms with E-state index in [9.17, 15) is 4.79 Å². The molecule has 3 rings (SSSR count). The molecule has 0 amide bonds. The Labute approximate surface area is 108 Å². The van der Waals surface area contributed by atoms with Crippen LogP contribution in [0.4, 0.5) is 0 Å². The van der Waals surface area contributed by atoms with Crippen LogP contribution in [0.1, 0.15) is 61.5 Å². The number of fused-ring (bicyclic) bond motifs is 1. The van der Waals surface area contributed by atoms with Crippen LogP contribution in [0.15, 0.2) is 18.2 Å². The third kappa shape index (κ3) is 1.44. The summed E-state index contributed by atoms with van der Waals surface area (Å²) in [6, 6.07) is 6.32. The van der Waals surface area contributed by atoms with Gasteiger partial charge in [-0.3, -0.25) is 0 Å². The highest BCUT2D eigenvalue weighted by Gasteiger charge is 2.46. The number of ether oxygens (including phenoxy) is 1. The van der Waals surface area contributed by atoms with Gasteiger partial charge in [0.05, 0.1) is 5.56 Å². The first-order valence-corrected chi connectivity index (χ1v) is 6.75. The molecule has 0 bridgehead atoms. The molecule has 2 heteroatoms. The summed E-state index contributed by atoms with van der Waals surface area (Å²) < 4.78 is 5.09. The predicted molar refractivity (Wildman–Crippen MR) is 70.5 cm³/mol. The van der Waals surface area contributed by atoms with Gasteiger partial charge in [0.25, 0.3) is 0 Å². The molecular weight excluding hydrogens is 224 g/mol. The lowest BCUT2D eigenvalue weighted by Crippen LogP contribution is -2.34. The Morgan fingerprint density at radius 3 is 2.61 bits per heavy atom. The Bertz CT molecular complexity index is 516. The van der Waals surface area contributed by atoms with Crippen molar-refractivity contribution < 1.29 is 9.53 Å². The quantitative estimate of drug-likeness (QED) is 0.702. The zero-order valence-corrected chi connectivity index (χ0v) is 11.4. The first-order chi connectivity index (χ1) is 8.44. The molecule has 18 heavy (non-hydrogen) atoms. The minimum atomic E-state index is -0.161. The van der Waals surface area contributed by atoms with E-state index >= 15 is 0 Å². The number of carbonyl (C=O) groups is 1. The smallest absolute Gasteiger partial charge is 0.338 e. The van der Waals surface area contributed by atoms with Crippen LogP contribution in [0.25, 0.3) is 0 Å². The van der Waals surface area contributed by atoms with Crippen molar-refractivity contribution in [1.82, 2.24) is 0 Å².